The van der Waals surface area contributed by atoms with Crippen molar-refractivity contribution in [3.63, 3.8) is 0 Å². The van der Waals surface area contributed by atoms with Gasteiger partial charge in [0.1, 0.15) is 0 Å². The minimum Gasteiger partial charge on any atom is -0.478 e. The molecule has 8 nitrogen and oxygen atoms in total. The van der Waals surface area contributed by atoms with E-state index in [9.17, 15) is 29.4 Å². The van der Waals surface area contributed by atoms with Gasteiger partial charge < -0.3 is 10.2 Å². The molecular formula is C28H26N2O6. The predicted molar refractivity (Wildman–Crippen MR) is 136 cm³/mol. The van der Waals surface area contributed by atoms with Crippen LogP contribution < -0.4 is 9.80 Å². The van der Waals surface area contributed by atoms with Crippen LogP contribution in [0.15, 0.2) is 60.7 Å². The molecule has 0 saturated heterocycles. The van der Waals surface area contributed by atoms with Gasteiger partial charge in [-0.1, -0.05) is 25.0 Å². The molecule has 3 aromatic carbocycles. The SMILES string of the molecule is O=CN(c1cccc(C(=O)O)c1)c1ccc(N(C=O)c2cccc(C(=O)O)c2)c2c1CCCCCC2. The van der Waals surface area contributed by atoms with Crippen molar-refractivity contribution >= 4 is 47.5 Å². The van der Waals surface area contributed by atoms with E-state index in [0.29, 0.717) is 48.4 Å². The van der Waals surface area contributed by atoms with Crippen molar-refractivity contribution in [1.29, 1.82) is 0 Å². The number of amides is 2. The number of aromatic carboxylic acids is 2. The van der Waals surface area contributed by atoms with Crippen molar-refractivity contribution in [2.24, 2.45) is 0 Å². The lowest BCUT2D eigenvalue weighted by atomic mass is 9.89. The number of carbonyl (C=O) groups excluding carboxylic acids is 2. The van der Waals surface area contributed by atoms with Crippen molar-refractivity contribution in [2.75, 3.05) is 9.80 Å². The molecule has 1 aliphatic carbocycles. The van der Waals surface area contributed by atoms with Gasteiger partial charge in [-0.15, -0.1) is 0 Å². The molecule has 184 valence electrons. The number of nitrogens with zero attached hydrogens (tertiary/aromatic N) is 2. The highest BCUT2D eigenvalue weighted by Gasteiger charge is 2.23. The first-order valence-electron chi connectivity index (χ1n) is 11.7. The van der Waals surface area contributed by atoms with E-state index < -0.39 is 11.9 Å². The molecule has 0 unspecified atom stereocenters. The zero-order valence-electron chi connectivity index (χ0n) is 19.6. The van der Waals surface area contributed by atoms with Crippen molar-refractivity contribution < 1.29 is 29.4 Å². The van der Waals surface area contributed by atoms with Crippen LogP contribution in [0.4, 0.5) is 22.7 Å². The largest absolute Gasteiger partial charge is 0.478 e. The van der Waals surface area contributed by atoms with E-state index in [-0.39, 0.29) is 11.1 Å². The van der Waals surface area contributed by atoms with Gasteiger partial charge in [-0.3, -0.25) is 19.4 Å². The Bertz CT molecular complexity index is 1220. The second-order valence-corrected chi connectivity index (χ2v) is 8.64. The number of fused-ring (bicyclic) bond motifs is 1. The molecule has 4 rings (SSSR count). The second kappa shape index (κ2) is 10.9. The molecule has 0 aromatic heterocycles. The van der Waals surface area contributed by atoms with Crippen LogP contribution in [-0.4, -0.2) is 35.0 Å². The summed E-state index contributed by atoms with van der Waals surface area (Å²) in [5, 5.41) is 18.8. The molecule has 2 N–H and O–H groups in total. The summed E-state index contributed by atoms with van der Waals surface area (Å²) in [5.41, 5.74) is 4.12. The summed E-state index contributed by atoms with van der Waals surface area (Å²) < 4.78 is 0. The first-order chi connectivity index (χ1) is 17.4. The third kappa shape index (κ3) is 4.98. The van der Waals surface area contributed by atoms with Crippen LogP contribution in [0.25, 0.3) is 0 Å². The smallest absolute Gasteiger partial charge is 0.335 e. The quantitative estimate of drug-likeness (QED) is 0.416. The maximum atomic E-state index is 12.3. The molecule has 0 fully saturated rings. The monoisotopic (exact) mass is 486 g/mol. The van der Waals surface area contributed by atoms with Gasteiger partial charge in [-0.2, -0.15) is 0 Å². The fraction of sp³-hybridized carbons (Fsp3) is 0.214. The molecule has 0 radical (unpaired) electrons. The molecular weight excluding hydrogens is 460 g/mol. The van der Waals surface area contributed by atoms with Gasteiger partial charge in [0.25, 0.3) is 0 Å². The van der Waals surface area contributed by atoms with Crippen LogP contribution in [0.5, 0.6) is 0 Å². The molecule has 0 saturated carbocycles. The molecule has 3 aromatic rings. The van der Waals surface area contributed by atoms with Crippen LogP contribution in [-0.2, 0) is 22.4 Å². The Kier molecular flexibility index (Phi) is 7.44. The molecule has 0 heterocycles. The number of carboxylic acids is 2. The minimum atomic E-state index is -1.08. The Balaban J connectivity index is 1.87. The number of hydrogen-bond acceptors (Lipinski definition) is 4. The molecule has 0 atom stereocenters. The number of anilines is 4. The van der Waals surface area contributed by atoms with E-state index >= 15 is 0 Å². The fourth-order valence-corrected chi connectivity index (χ4v) is 4.73. The zero-order chi connectivity index (χ0) is 25.7. The van der Waals surface area contributed by atoms with Gasteiger partial charge in [-0.25, -0.2) is 9.59 Å². The number of carbonyl (C=O) groups is 4. The van der Waals surface area contributed by atoms with E-state index in [1.54, 1.807) is 36.4 Å². The molecule has 0 spiro atoms. The summed E-state index contributed by atoms with van der Waals surface area (Å²) in [6, 6.07) is 15.9. The van der Waals surface area contributed by atoms with E-state index in [4.69, 9.17) is 0 Å². The van der Waals surface area contributed by atoms with E-state index in [1.807, 2.05) is 0 Å². The molecule has 0 bridgehead atoms. The molecule has 2 amide bonds. The lowest BCUT2D eigenvalue weighted by Gasteiger charge is -2.29. The van der Waals surface area contributed by atoms with Crippen LogP contribution in [0.1, 0.15) is 57.5 Å². The van der Waals surface area contributed by atoms with Crippen molar-refractivity contribution in [2.45, 2.75) is 38.5 Å². The fourth-order valence-electron chi connectivity index (χ4n) is 4.73. The summed E-state index contributed by atoms with van der Waals surface area (Å²) >= 11 is 0. The van der Waals surface area contributed by atoms with Gasteiger partial charge >= 0.3 is 11.9 Å². The average Bonchev–Trinajstić information content (AvgIpc) is 2.86. The molecule has 0 aliphatic heterocycles. The minimum absolute atomic E-state index is 0.0734. The zero-order valence-corrected chi connectivity index (χ0v) is 19.6. The van der Waals surface area contributed by atoms with Crippen molar-refractivity contribution in [1.82, 2.24) is 0 Å². The number of benzene rings is 3. The van der Waals surface area contributed by atoms with Crippen LogP contribution >= 0.6 is 0 Å². The van der Waals surface area contributed by atoms with Crippen LogP contribution in [0, 0.1) is 0 Å². The lowest BCUT2D eigenvalue weighted by molar-refractivity contribution is -0.107. The molecule has 1 aliphatic rings. The maximum Gasteiger partial charge on any atom is 0.335 e. The Morgan fingerprint density at radius 1 is 0.639 bits per heavy atom. The lowest BCUT2D eigenvalue weighted by Crippen LogP contribution is -2.21. The van der Waals surface area contributed by atoms with Gasteiger partial charge in [-0.05, 0) is 85.3 Å². The Morgan fingerprint density at radius 2 is 1.06 bits per heavy atom. The number of hydrogen-bond donors (Lipinski definition) is 2. The first kappa shape index (κ1) is 24.7. The first-order valence-corrected chi connectivity index (χ1v) is 11.7. The van der Waals surface area contributed by atoms with E-state index in [0.717, 1.165) is 36.8 Å². The third-order valence-corrected chi connectivity index (χ3v) is 6.46. The number of carboxylic acid groups (broad SMARTS) is 2. The van der Waals surface area contributed by atoms with E-state index in [2.05, 4.69) is 0 Å². The van der Waals surface area contributed by atoms with Crippen molar-refractivity contribution in [3.05, 3.63) is 82.9 Å². The molecule has 36 heavy (non-hydrogen) atoms. The summed E-state index contributed by atoms with van der Waals surface area (Å²) in [6.45, 7) is 0. The normalized spacial score (nSPS) is 13.0. The Hall–Kier alpha value is -4.46. The van der Waals surface area contributed by atoms with E-state index in [1.165, 1.54) is 34.1 Å². The number of rotatable bonds is 8. The van der Waals surface area contributed by atoms with Gasteiger partial charge in [0.05, 0.1) is 22.5 Å². The Labute approximate surface area is 208 Å². The highest BCUT2D eigenvalue weighted by molar-refractivity contribution is 5.96. The maximum absolute atomic E-state index is 12.3. The van der Waals surface area contributed by atoms with Crippen LogP contribution in [0.2, 0.25) is 0 Å². The summed E-state index contributed by atoms with van der Waals surface area (Å²) in [6.07, 6.45) is 6.59. The Morgan fingerprint density at radius 3 is 1.42 bits per heavy atom. The summed E-state index contributed by atoms with van der Waals surface area (Å²) in [7, 11) is 0. The van der Waals surface area contributed by atoms with Crippen molar-refractivity contribution in [3.8, 4) is 0 Å². The van der Waals surface area contributed by atoms with Gasteiger partial charge in [0, 0.05) is 11.4 Å². The standard InChI is InChI=1S/C28H26N2O6/c31-17-29(21-9-5-7-19(15-21)27(33)34)25-13-14-26(24-12-4-2-1-3-11-23(24)25)30(18-32)22-10-6-8-20(16-22)28(35)36/h5-10,13-18H,1-4,11-12H2,(H,33,34)(H,35,36). The summed E-state index contributed by atoms with van der Waals surface area (Å²) in [5.74, 6) is -2.17. The summed E-state index contributed by atoms with van der Waals surface area (Å²) in [4.78, 5) is 50.4. The second-order valence-electron chi connectivity index (χ2n) is 8.64. The molecule has 8 heteroatoms. The average molecular weight is 487 g/mol. The topological polar surface area (TPSA) is 115 Å². The van der Waals surface area contributed by atoms with Gasteiger partial charge in [0.15, 0.2) is 0 Å². The van der Waals surface area contributed by atoms with Gasteiger partial charge in [0.2, 0.25) is 12.8 Å². The van der Waals surface area contributed by atoms with Crippen LogP contribution in [0.3, 0.4) is 0 Å². The highest BCUT2D eigenvalue weighted by Crippen LogP contribution is 2.40. The predicted octanol–water partition coefficient (Wildman–Crippen LogP) is 5.33. The highest BCUT2D eigenvalue weighted by atomic mass is 16.4. The third-order valence-electron chi connectivity index (χ3n) is 6.46.